The summed E-state index contributed by atoms with van der Waals surface area (Å²) in [6.07, 6.45) is 4.10. The van der Waals surface area contributed by atoms with E-state index in [-0.39, 0.29) is 18.9 Å². The topological polar surface area (TPSA) is 125 Å². The van der Waals surface area contributed by atoms with Gasteiger partial charge in [-0.2, -0.15) is 0 Å². The molecule has 1 heterocycles. The Labute approximate surface area is 276 Å². The van der Waals surface area contributed by atoms with Crippen molar-refractivity contribution >= 4 is 34.9 Å². The van der Waals surface area contributed by atoms with E-state index >= 15 is 0 Å². The zero-order valence-corrected chi connectivity index (χ0v) is 27.5. The summed E-state index contributed by atoms with van der Waals surface area (Å²) in [5, 5.41) is 17.7. The number of likely N-dealkylation sites (tertiary alicyclic amines) is 1. The van der Waals surface area contributed by atoms with Gasteiger partial charge in [0.05, 0.1) is 11.5 Å². The number of carbonyl (C=O) groups excluding carboxylic acids is 4. The summed E-state index contributed by atoms with van der Waals surface area (Å²) in [7, 11) is 0. The van der Waals surface area contributed by atoms with Crippen molar-refractivity contribution < 1.29 is 29.0 Å². The van der Waals surface area contributed by atoms with Gasteiger partial charge in [-0.05, 0) is 80.0 Å². The molecule has 1 saturated heterocycles. The quantitative estimate of drug-likeness (QED) is 0.251. The van der Waals surface area contributed by atoms with Gasteiger partial charge in [-0.1, -0.05) is 62.4 Å². The average molecular weight is 640 g/mol. The molecule has 1 aliphatic carbocycles. The molecular weight excluding hydrogens is 594 g/mol. The molecule has 4 unspecified atom stereocenters. The fourth-order valence-electron chi connectivity index (χ4n) is 6.98. The molecule has 2 fully saturated rings. The average Bonchev–Trinajstić information content (AvgIpc) is 3.07. The Morgan fingerprint density at radius 1 is 0.830 bits per heavy atom. The standard InChI is InChI=1S/C38H45N3O6/c1-4-25-13-7-9-15-29(25)39-36(44)34-31(42)23-38(3,46)35(37(45)40-30-16-10-8-14-26(30)5-2)33(34)27-17-19-28(20-18-27)47-24-32(43)41-21-11-6-12-22-41/h7-10,13-20,33-35,46H,4-6,11-12,21-24H2,1-3H3,(H,39,44)(H,40,45). The smallest absolute Gasteiger partial charge is 0.260 e. The second kappa shape index (κ2) is 14.9. The van der Waals surface area contributed by atoms with Gasteiger partial charge in [0.25, 0.3) is 5.91 Å². The highest BCUT2D eigenvalue weighted by molar-refractivity contribution is 6.10. The monoisotopic (exact) mass is 639 g/mol. The van der Waals surface area contributed by atoms with E-state index in [2.05, 4.69) is 10.6 Å². The first kappa shape index (κ1) is 33.9. The summed E-state index contributed by atoms with van der Waals surface area (Å²) in [6, 6.07) is 21.6. The summed E-state index contributed by atoms with van der Waals surface area (Å²) < 4.78 is 5.82. The fraction of sp³-hybridized carbons (Fsp3) is 0.421. The third kappa shape index (κ3) is 7.73. The van der Waals surface area contributed by atoms with Gasteiger partial charge in [0, 0.05) is 36.8 Å². The number of carbonyl (C=O) groups is 4. The molecule has 1 saturated carbocycles. The maximum atomic E-state index is 14.2. The van der Waals surface area contributed by atoms with Crippen molar-refractivity contribution in [1.82, 2.24) is 4.90 Å². The molecule has 0 aromatic heterocycles. The second-order valence-electron chi connectivity index (χ2n) is 12.8. The van der Waals surface area contributed by atoms with E-state index in [0.717, 1.165) is 43.5 Å². The summed E-state index contributed by atoms with van der Waals surface area (Å²) >= 11 is 0. The first-order chi connectivity index (χ1) is 22.6. The molecule has 2 aliphatic rings. The van der Waals surface area contributed by atoms with Crippen molar-refractivity contribution in [2.45, 2.75) is 70.8 Å². The zero-order valence-electron chi connectivity index (χ0n) is 27.5. The van der Waals surface area contributed by atoms with Crippen molar-refractivity contribution in [3.8, 4) is 5.75 Å². The molecule has 4 atom stereocenters. The number of Topliss-reactive ketones (excluding diaryl/α,β-unsaturated/α-hetero) is 1. The van der Waals surface area contributed by atoms with Crippen LogP contribution in [0.3, 0.4) is 0 Å². The van der Waals surface area contributed by atoms with Gasteiger partial charge in [-0.15, -0.1) is 0 Å². The van der Waals surface area contributed by atoms with E-state index in [4.69, 9.17) is 4.74 Å². The van der Waals surface area contributed by atoms with Crippen LogP contribution in [0.25, 0.3) is 0 Å². The molecule has 3 amide bonds. The number of hydrogen-bond donors (Lipinski definition) is 3. The maximum absolute atomic E-state index is 14.2. The van der Waals surface area contributed by atoms with Crippen LogP contribution in [0.4, 0.5) is 11.4 Å². The number of aryl methyl sites for hydroxylation is 2. The van der Waals surface area contributed by atoms with Gasteiger partial charge in [-0.25, -0.2) is 0 Å². The molecule has 47 heavy (non-hydrogen) atoms. The number of amides is 3. The number of nitrogens with one attached hydrogen (secondary N) is 2. The Kier molecular flexibility index (Phi) is 10.8. The minimum absolute atomic E-state index is 0.0732. The number of benzene rings is 3. The molecule has 5 rings (SSSR count). The third-order valence-electron chi connectivity index (χ3n) is 9.48. The van der Waals surface area contributed by atoms with Crippen molar-refractivity contribution in [2.24, 2.45) is 11.8 Å². The molecule has 0 spiro atoms. The molecule has 1 aliphatic heterocycles. The van der Waals surface area contributed by atoms with Crippen LogP contribution in [0.5, 0.6) is 5.75 Å². The number of piperidine rings is 1. The highest BCUT2D eigenvalue weighted by Crippen LogP contribution is 2.47. The predicted molar refractivity (Wildman–Crippen MR) is 181 cm³/mol. The number of ether oxygens (including phenoxy) is 1. The van der Waals surface area contributed by atoms with Crippen LogP contribution >= 0.6 is 0 Å². The number of nitrogens with zero attached hydrogens (tertiary/aromatic N) is 1. The number of hydrogen-bond acceptors (Lipinski definition) is 6. The minimum Gasteiger partial charge on any atom is -0.484 e. The van der Waals surface area contributed by atoms with E-state index in [0.29, 0.717) is 35.5 Å². The van der Waals surface area contributed by atoms with Crippen LogP contribution in [0.15, 0.2) is 72.8 Å². The summed E-state index contributed by atoms with van der Waals surface area (Å²) in [4.78, 5) is 56.5. The normalized spacial score (nSPS) is 22.8. The van der Waals surface area contributed by atoms with Crippen LogP contribution in [-0.2, 0) is 32.0 Å². The lowest BCUT2D eigenvalue weighted by Crippen LogP contribution is -2.56. The number of ketones is 1. The van der Waals surface area contributed by atoms with Gasteiger partial charge < -0.3 is 25.4 Å². The van der Waals surface area contributed by atoms with E-state index in [1.165, 1.54) is 6.92 Å². The van der Waals surface area contributed by atoms with Crippen LogP contribution in [0.2, 0.25) is 0 Å². The van der Waals surface area contributed by atoms with Crippen molar-refractivity contribution in [3.63, 3.8) is 0 Å². The lowest BCUT2D eigenvalue weighted by Gasteiger charge is -2.44. The predicted octanol–water partition coefficient (Wildman–Crippen LogP) is 5.52. The largest absolute Gasteiger partial charge is 0.484 e. The van der Waals surface area contributed by atoms with Gasteiger partial charge >= 0.3 is 0 Å². The van der Waals surface area contributed by atoms with Crippen LogP contribution in [-0.4, -0.2) is 58.8 Å². The van der Waals surface area contributed by atoms with Gasteiger partial charge in [-0.3, -0.25) is 19.2 Å². The molecule has 0 bridgehead atoms. The Hall–Kier alpha value is -4.50. The maximum Gasteiger partial charge on any atom is 0.260 e. The van der Waals surface area contributed by atoms with E-state index in [1.54, 1.807) is 36.4 Å². The lowest BCUT2D eigenvalue weighted by atomic mass is 9.61. The Morgan fingerprint density at radius 3 is 1.96 bits per heavy atom. The van der Waals surface area contributed by atoms with Crippen LogP contribution < -0.4 is 15.4 Å². The first-order valence-electron chi connectivity index (χ1n) is 16.7. The molecule has 3 aromatic carbocycles. The van der Waals surface area contributed by atoms with Crippen LogP contribution in [0.1, 0.15) is 69.1 Å². The molecule has 3 N–H and O–H groups in total. The highest BCUT2D eigenvalue weighted by Gasteiger charge is 2.56. The number of para-hydroxylation sites is 2. The number of aliphatic hydroxyl groups is 1. The lowest BCUT2D eigenvalue weighted by molar-refractivity contribution is -0.151. The van der Waals surface area contributed by atoms with Gasteiger partial charge in [0.2, 0.25) is 11.8 Å². The van der Waals surface area contributed by atoms with E-state index in [1.807, 2.05) is 55.1 Å². The molecule has 248 valence electrons. The summed E-state index contributed by atoms with van der Waals surface area (Å²) in [5.74, 6) is -4.46. The summed E-state index contributed by atoms with van der Waals surface area (Å²) in [5.41, 5.74) is 1.85. The van der Waals surface area contributed by atoms with Crippen molar-refractivity contribution in [3.05, 3.63) is 89.5 Å². The third-order valence-corrected chi connectivity index (χ3v) is 9.48. The number of rotatable bonds is 10. The molecule has 3 aromatic rings. The fourth-order valence-corrected chi connectivity index (χ4v) is 6.98. The molecular formula is C38H45N3O6. The van der Waals surface area contributed by atoms with Gasteiger partial charge in [0.15, 0.2) is 6.61 Å². The Bertz CT molecular complexity index is 1590. The zero-order chi connectivity index (χ0) is 33.6. The van der Waals surface area contributed by atoms with E-state index in [9.17, 15) is 24.3 Å². The highest BCUT2D eigenvalue weighted by atomic mass is 16.5. The summed E-state index contributed by atoms with van der Waals surface area (Å²) in [6.45, 7) is 6.82. The molecule has 9 heteroatoms. The Balaban J connectivity index is 1.48. The second-order valence-corrected chi connectivity index (χ2v) is 12.8. The number of anilines is 2. The van der Waals surface area contributed by atoms with Crippen molar-refractivity contribution in [2.75, 3.05) is 30.3 Å². The van der Waals surface area contributed by atoms with E-state index < -0.39 is 41.0 Å². The van der Waals surface area contributed by atoms with Crippen molar-refractivity contribution in [1.29, 1.82) is 0 Å². The SMILES string of the molecule is CCc1ccccc1NC(=O)C1C(=O)CC(C)(O)C(C(=O)Nc2ccccc2CC)C1c1ccc(OCC(=O)N2CCCCC2)cc1. The van der Waals surface area contributed by atoms with Gasteiger partial charge in [0.1, 0.15) is 17.5 Å². The minimum atomic E-state index is -1.73. The Morgan fingerprint density at radius 2 is 1.38 bits per heavy atom. The molecule has 0 radical (unpaired) electrons. The molecule has 9 nitrogen and oxygen atoms in total. The van der Waals surface area contributed by atoms with Crippen LogP contribution in [0, 0.1) is 11.8 Å². The first-order valence-corrected chi connectivity index (χ1v) is 16.7.